The first-order valence-electron chi connectivity index (χ1n) is 5.98. The molecule has 17 heavy (non-hydrogen) atoms. The highest BCUT2D eigenvalue weighted by Gasteiger charge is 1.94. The normalized spacial score (nSPS) is 10.7. The fraction of sp³-hybridized carbons (Fsp3) is 0.538. The molecule has 3 nitrogen and oxygen atoms in total. The maximum atomic E-state index is 4.95. The fourth-order valence-corrected chi connectivity index (χ4v) is 1.97. The van der Waals surface area contributed by atoms with Crippen LogP contribution in [-0.4, -0.2) is 39.9 Å². The van der Waals surface area contributed by atoms with Gasteiger partial charge in [0.1, 0.15) is 0 Å². The average Bonchev–Trinajstić information content (AvgIpc) is 2.33. The van der Waals surface area contributed by atoms with E-state index in [9.17, 15) is 0 Å². The van der Waals surface area contributed by atoms with Gasteiger partial charge < -0.3 is 15.4 Å². The summed E-state index contributed by atoms with van der Waals surface area (Å²) in [5.41, 5.74) is 1.36. The van der Waals surface area contributed by atoms with Crippen molar-refractivity contribution in [1.29, 1.82) is 0 Å². The Morgan fingerprint density at radius 1 is 1.12 bits per heavy atom. The largest absolute Gasteiger partial charge is 0.383 e. The molecule has 0 heterocycles. The average molecular weight is 301 g/mol. The first-order valence-corrected chi connectivity index (χ1v) is 6.77. The van der Waals surface area contributed by atoms with Gasteiger partial charge in [-0.2, -0.15) is 0 Å². The minimum absolute atomic E-state index is 0.776. The van der Waals surface area contributed by atoms with Crippen LogP contribution in [0.3, 0.4) is 0 Å². The molecule has 0 spiro atoms. The van der Waals surface area contributed by atoms with Gasteiger partial charge in [-0.15, -0.1) is 0 Å². The molecule has 0 saturated heterocycles. The third-order valence-electron chi connectivity index (χ3n) is 2.44. The molecule has 1 aromatic carbocycles. The number of benzene rings is 1. The molecule has 0 amide bonds. The van der Waals surface area contributed by atoms with E-state index in [2.05, 4.69) is 50.8 Å². The Bertz CT molecular complexity index is 307. The van der Waals surface area contributed by atoms with Crippen LogP contribution >= 0.6 is 15.9 Å². The monoisotopic (exact) mass is 300 g/mol. The van der Waals surface area contributed by atoms with Crippen LogP contribution in [0, 0.1) is 0 Å². The lowest BCUT2D eigenvalue weighted by atomic mass is 10.1. The van der Waals surface area contributed by atoms with E-state index in [1.54, 1.807) is 7.11 Å². The lowest BCUT2D eigenvalue weighted by Crippen LogP contribution is -2.30. The lowest BCUT2D eigenvalue weighted by molar-refractivity contribution is 0.199. The van der Waals surface area contributed by atoms with Gasteiger partial charge in [0, 0.05) is 31.2 Å². The van der Waals surface area contributed by atoms with Gasteiger partial charge in [-0.1, -0.05) is 28.1 Å². The van der Waals surface area contributed by atoms with Gasteiger partial charge in [0.05, 0.1) is 6.61 Å². The van der Waals surface area contributed by atoms with Crippen LogP contribution in [0.25, 0.3) is 0 Å². The van der Waals surface area contributed by atoms with Gasteiger partial charge in [0.2, 0.25) is 0 Å². The quantitative estimate of drug-likeness (QED) is 0.683. The van der Waals surface area contributed by atoms with E-state index >= 15 is 0 Å². The summed E-state index contributed by atoms with van der Waals surface area (Å²) in [6.45, 7) is 4.70. The number of nitrogens with one attached hydrogen (secondary N) is 2. The summed E-state index contributed by atoms with van der Waals surface area (Å²) in [7, 11) is 1.72. The highest BCUT2D eigenvalue weighted by molar-refractivity contribution is 9.10. The second-order valence-electron chi connectivity index (χ2n) is 3.87. The highest BCUT2D eigenvalue weighted by Crippen LogP contribution is 2.11. The van der Waals surface area contributed by atoms with Crippen LogP contribution < -0.4 is 10.6 Å². The summed E-state index contributed by atoms with van der Waals surface area (Å²) in [5.74, 6) is 0. The van der Waals surface area contributed by atoms with Crippen molar-refractivity contribution in [3.05, 3.63) is 34.3 Å². The summed E-state index contributed by atoms with van der Waals surface area (Å²) in [5, 5.41) is 6.71. The molecule has 2 N–H and O–H groups in total. The zero-order chi connectivity index (χ0) is 12.3. The Morgan fingerprint density at radius 3 is 2.59 bits per heavy atom. The number of halogens is 1. The van der Waals surface area contributed by atoms with Gasteiger partial charge in [-0.05, 0) is 30.7 Å². The third-order valence-corrected chi connectivity index (χ3v) is 2.93. The smallest absolute Gasteiger partial charge is 0.0587 e. The minimum Gasteiger partial charge on any atom is -0.383 e. The molecule has 96 valence electrons. The zero-order valence-corrected chi connectivity index (χ0v) is 11.9. The molecule has 1 aromatic rings. The lowest BCUT2D eigenvalue weighted by Gasteiger charge is -2.06. The van der Waals surface area contributed by atoms with Crippen molar-refractivity contribution in [3.63, 3.8) is 0 Å². The summed E-state index contributed by atoms with van der Waals surface area (Å²) < 4.78 is 6.10. The van der Waals surface area contributed by atoms with Crippen molar-refractivity contribution in [3.8, 4) is 0 Å². The van der Waals surface area contributed by atoms with E-state index in [1.165, 1.54) is 5.56 Å². The molecule has 0 bridgehead atoms. The van der Waals surface area contributed by atoms with Gasteiger partial charge in [-0.3, -0.25) is 0 Å². The molecule has 0 aliphatic heterocycles. The number of rotatable bonds is 9. The Balaban J connectivity index is 1.97. The number of hydrogen-bond donors (Lipinski definition) is 2. The molecule has 0 fully saturated rings. The maximum absolute atomic E-state index is 4.95. The molecule has 0 saturated carbocycles. The molecular formula is C13H21BrN2O. The van der Waals surface area contributed by atoms with Gasteiger partial charge in [0.15, 0.2) is 0 Å². The predicted molar refractivity (Wildman–Crippen MR) is 75.5 cm³/mol. The Labute approximate surface area is 112 Å². The van der Waals surface area contributed by atoms with Crippen LogP contribution in [0.5, 0.6) is 0 Å². The summed E-state index contributed by atoms with van der Waals surface area (Å²) in [4.78, 5) is 0. The Hall–Kier alpha value is -0.420. The second kappa shape index (κ2) is 9.59. The van der Waals surface area contributed by atoms with E-state index in [0.29, 0.717) is 0 Å². The van der Waals surface area contributed by atoms with Crippen LogP contribution in [0.2, 0.25) is 0 Å². The first-order chi connectivity index (χ1) is 8.33. The summed E-state index contributed by atoms with van der Waals surface area (Å²) >= 11 is 3.48. The van der Waals surface area contributed by atoms with E-state index in [1.807, 2.05) is 0 Å². The third kappa shape index (κ3) is 7.49. The van der Waals surface area contributed by atoms with Crippen molar-refractivity contribution < 1.29 is 4.74 Å². The van der Waals surface area contributed by atoms with Gasteiger partial charge in [-0.25, -0.2) is 0 Å². The molecule has 0 unspecified atom stereocenters. The van der Waals surface area contributed by atoms with Crippen molar-refractivity contribution >= 4 is 15.9 Å². The van der Waals surface area contributed by atoms with Crippen LogP contribution in [0.1, 0.15) is 5.56 Å². The van der Waals surface area contributed by atoms with Crippen molar-refractivity contribution in [1.82, 2.24) is 10.6 Å². The maximum Gasteiger partial charge on any atom is 0.0587 e. The summed E-state index contributed by atoms with van der Waals surface area (Å²) in [6.07, 6.45) is 1.07. The van der Waals surface area contributed by atoms with E-state index < -0.39 is 0 Å². The number of methoxy groups -OCH3 is 1. The number of hydrogen-bond acceptors (Lipinski definition) is 3. The SMILES string of the molecule is COCCNCCNCCc1cccc(Br)c1. The molecule has 0 aliphatic carbocycles. The molecule has 4 heteroatoms. The molecular weight excluding hydrogens is 280 g/mol. The van der Waals surface area contributed by atoms with Crippen LogP contribution in [0.15, 0.2) is 28.7 Å². The minimum atomic E-state index is 0.776. The highest BCUT2D eigenvalue weighted by atomic mass is 79.9. The van der Waals surface area contributed by atoms with Crippen molar-refractivity contribution in [2.75, 3.05) is 39.9 Å². The predicted octanol–water partition coefficient (Wildman–Crippen LogP) is 1.82. The van der Waals surface area contributed by atoms with Crippen molar-refractivity contribution in [2.45, 2.75) is 6.42 Å². The fourth-order valence-electron chi connectivity index (χ4n) is 1.53. The Kier molecular flexibility index (Phi) is 8.26. The van der Waals surface area contributed by atoms with Crippen LogP contribution in [0.4, 0.5) is 0 Å². The van der Waals surface area contributed by atoms with E-state index in [0.717, 1.165) is 43.7 Å². The van der Waals surface area contributed by atoms with Crippen LogP contribution in [-0.2, 0) is 11.2 Å². The second-order valence-corrected chi connectivity index (χ2v) is 4.79. The Morgan fingerprint density at radius 2 is 1.88 bits per heavy atom. The molecule has 0 aliphatic rings. The van der Waals surface area contributed by atoms with E-state index in [-0.39, 0.29) is 0 Å². The van der Waals surface area contributed by atoms with E-state index in [4.69, 9.17) is 4.74 Å². The topological polar surface area (TPSA) is 33.3 Å². The zero-order valence-electron chi connectivity index (χ0n) is 10.3. The first kappa shape index (κ1) is 14.6. The van der Waals surface area contributed by atoms with Gasteiger partial charge >= 0.3 is 0 Å². The van der Waals surface area contributed by atoms with Gasteiger partial charge in [0.25, 0.3) is 0 Å². The number of ether oxygens (including phenoxy) is 1. The molecule has 1 rings (SSSR count). The standard InChI is InChI=1S/C13H21BrN2O/c1-17-10-9-16-8-7-15-6-5-12-3-2-4-13(14)11-12/h2-4,11,15-16H,5-10H2,1H3. The molecule has 0 atom stereocenters. The molecule has 0 radical (unpaired) electrons. The molecule has 0 aromatic heterocycles. The van der Waals surface area contributed by atoms with Crippen molar-refractivity contribution in [2.24, 2.45) is 0 Å². The summed E-state index contributed by atoms with van der Waals surface area (Å²) in [6, 6.07) is 8.45.